The van der Waals surface area contributed by atoms with Gasteiger partial charge < -0.3 is 15.3 Å². The van der Waals surface area contributed by atoms with Gasteiger partial charge in [0.05, 0.1) is 18.7 Å². The molecule has 3 rings (SSSR count). The predicted molar refractivity (Wildman–Crippen MR) is 101 cm³/mol. The molecule has 2 amide bonds. The van der Waals surface area contributed by atoms with E-state index in [-0.39, 0.29) is 36.4 Å². The molecule has 0 aromatic heterocycles. The lowest BCUT2D eigenvalue weighted by atomic mass is 9.74. The van der Waals surface area contributed by atoms with Crippen LogP contribution in [0.15, 0.2) is 30.3 Å². The van der Waals surface area contributed by atoms with Gasteiger partial charge in [0.1, 0.15) is 0 Å². The molecule has 26 heavy (non-hydrogen) atoms. The van der Waals surface area contributed by atoms with Crippen LogP contribution in [0.25, 0.3) is 5.57 Å². The minimum Gasteiger partial charge on any atom is -0.394 e. The maximum absolute atomic E-state index is 12.0. The van der Waals surface area contributed by atoms with Crippen molar-refractivity contribution >= 4 is 17.4 Å². The van der Waals surface area contributed by atoms with Gasteiger partial charge in [-0.3, -0.25) is 9.59 Å². The zero-order chi connectivity index (χ0) is 18.7. The molecule has 1 fully saturated rings. The van der Waals surface area contributed by atoms with E-state index >= 15 is 0 Å². The van der Waals surface area contributed by atoms with E-state index in [1.54, 1.807) is 4.90 Å². The fraction of sp³-hybridized carbons (Fsp3) is 0.524. The first-order valence-electron chi connectivity index (χ1n) is 9.52. The van der Waals surface area contributed by atoms with Gasteiger partial charge in [-0.15, -0.1) is 0 Å². The van der Waals surface area contributed by atoms with Crippen LogP contribution in [0.5, 0.6) is 0 Å². The van der Waals surface area contributed by atoms with Gasteiger partial charge in [0.15, 0.2) is 0 Å². The second-order valence-electron chi connectivity index (χ2n) is 7.17. The number of benzene rings is 1. The van der Waals surface area contributed by atoms with Gasteiger partial charge >= 0.3 is 0 Å². The van der Waals surface area contributed by atoms with Crippen LogP contribution in [0.3, 0.4) is 0 Å². The fourth-order valence-corrected chi connectivity index (χ4v) is 4.28. The maximum atomic E-state index is 12.0. The summed E-state index contributed by atoms with van der Waals surface area (Å²) in [5.41, 5.74) is 3.77. The van der Waals surface area contributed by atoms with Gasteiger partial charge in [-0.2, -0.15) is 0 Å². The second kappa shape index (κ2) is 8.04. The molecule has 0 unspecified atom stereocenters. The van der Waals surface area contributed by atoms with Gasteiger partial charge in [0, 0.05) is 25.8 Å². The third-order valence-electron chi connectivity index (χ3n) is 5.63. The zero-order valence-corrected chi connectivity index (χ0v) is 15.6. The molecule has 2 N–H and O–H groups in total. The molecule has 1 aromatic carbocycles. The van der Waals surface area contributed by atoms with Crippen molar-refractivity contribution in [2.24, 2.45) is 0 Å². The van der Waals surface area contributed by atoms with E-state index in [4.69, 9.17) is 0 Å². The molecule has 140 valence electrons. The molecule has 0 saturated carbocycles. The van der Waals surface area contributed by atoms with E-state index in [1.807, 2.05) is 6.92 Å². The highest BCUT2D eigenvalue weighted by molar-refractivity contribution is 5.77. The highest BCUT2D eigenvalue weighted by atomic mass is 16.3. The number of hydrogen-bond acceptors (Lipinski definition) is 3. The minimum atomic E-state index is -0.229. The predicted octanol–water partition coefficient (Wildman–Crippen LogP) is 2.46. The SMILES string of the molecule is CCC(=O)NC[C@@H]1[C@H](c2ccc(C3=CCCC3)cc2)[C@@H](CO)N1C(C)=O. The van der Waals surface area contributed by atoms with Crippen molar-refractivity contribution in [3.05, 3.63) is 41.5 Å². The lowest BCUT2D eigenvalue weighted by Gasteiger charge is -2.54. The Morgan fingerprint density at radius 1 is 1.23 bits per heavy atom. The number of carbonyl (C=O) groups excluding carboxylic acids is 2. The Bertz CT molecular complexity index is 696. The van der Waals surface area contributed by atoms with Crippen molar-refractivity contribution in [3.8, 4) is 0 Å². The molecule has 0 spiro atoms. The summed E-state index contributed by atoms with van der Waals surface area (Å²) in [6.07, 6.45) is 6.23. The molecule has 1 aliphatic carbocycles. The summed E-state index contributed by atoms with van der Waals surface area (Å²) in [5.74, 6) is -0.0559. The summed E-state index contributed by atoms with van der Waals surface area (Å²) >= 11 is 0. The number of allylic oxidation sites excluding steroid dienone is 2. The molecule has 3 atom stereocenters. The van der Waals surface area contributed by atoms with Crippen LogP contribution in [-0.2, 0) is 9.59 Å². The van der Waals surface area contributed by atoms with Crippen molar-refractivity contribution in [2.45, 2.75) is 57.5 Å². The average molecular weight is 356 g/mol. The lowest BCUT2D eigenvalue weighted by Crippen LogP contribution is -2.68. The van der Waals surface area contributed by atoms with E-state index in [0.717, 1.165) is 18.4 Å². The Morgan fingerprint density at radius 2 is 1.96 bits per heavy atom. The molecule has 1 heterocycles. The van der Waals surface area contributed by atoms with Crippen molar-refractivity contribution < 1.29 is 14.7 Å². The summed E-state index contributed by atoms with van der Waals surface area (Å²) in [4.78, 5) is 25.4. The van der Waals surface area contributed by atoms with E-state index in [9.17, 15) is 14.7 Å². The number of rotatable bonds is 6. The van der Waals surface area contributed by atoms with Crippen molar-refractivity contribution in [1.82, 2.24) is 10.2 Å². The molecule has 0 bridgehead atoms. The van der Waals surface area contributed by atoms with E-state index in [2.05, 4.69) is 35.7 Å². The van der Waals surface area contributed by atoms with Crippen LogP contribution in [0.1, 0.15) is 56.6 Å². The number of hydrogen-bond donors (Lipinski definition) is 2. The Morgan fingerprint density at radius 3 is 2.50 bits per heavy atom. The monoisotopic (exact) mass is 356 g/mol. The molecule has 1 aliphatic heterocycles. The molecular formula is C21H28N2O3. The second-order valence-corrected chi connectivity index (χ2v) is 7.17. The number of aliphatic hydroxyl groups is 1. The third-order valence-corrected chi connectivity index (χ3v) is 5.63. The van der Waals surface area contributed by atoms with Crippen LogP contribution in [0.4, 0.5) is 0 Å². The Labute approximate surface area is 155 Å². The summed E-state index contributed by atoms with van der Waals surface area (Å²) in [6.45, 7) is 3.67. The lowest BCUT2D eigenvalue weighted by molar-refractivity contribution is -0.148. The number of aliphatic hydroxyl groups excluding tert-OH is 1. The summed E-state index contributed by atoms with van der Waals surface area (Å²) < 4.78 is 0. The Hall–Kier alpha value is -2.14. The van der Waals surface area contributed by atoms with E-state index < -0.39 is 0 Å². The molecule has 1 saturated heterocycles. The van der Waals surface area contributed by atoms with Gasteiger partial charge in [0.2, 0.25) is 11.8 Å². The van der Waals surface area contributed by atoms with E-state index in [1.165, 1.54) is 24.5 Å². The van der Waals surface area contributed by atoms with Crippen molar-refractivity contribution in [3.63, 3.8) is 0 Å². The fourth-order valence-electron chi connectivity index (χ4n) is 4.28. The van der Waals surface area contributed by atoms with E-state index in [0.29, 0.717) is 13.0 Å². The number of amides is 2. The third kappa shape index (κ3) is 3.54. The molecule has 5 nitrogen and oxygen atoms in total. The number of nitrogens with zero attached hydrogens (tertiary/aromatic N) is 1. The Balaban J connectivity index is 1.79. The summed E-state index contributed by atoms with van der Waals surface area (Å²) in [7, 11) is 0. The Kier molecular flexibility index (Phi) is 5.77. The van der Waals surface area contributed by atoms with Crippen LogP contribution in [0.2, 0.25) is 0 Å². The molecule has 0 radical (unpaired) electrons. The molecular weight excluding hydrogens is 328 g/mol. The number of carbonyl (C=O) groups is 2. The summed E-state index contributed by atoms with van der Waals surface area (Å²) in [5, 5.41) is 12.7. The molecule has 1 aromatic rings. The smallest absolute Gasteiger partial charge is 0.220 e. The first-order valence-corrected chi connectivity index (χ1v) is 9.52. The minimum absolute atomic E-state index is 0.0248. The quantitative estimate of drug-likeness (QED) is 0.823. The average Bonchev–Trinajstić information content (AvgIpc) is 3.15. The summed E-state index contributed by atoms with van der Waals surface area (Å²) in [6, 6.07) is 8.14. The first-order chi connectivity index (χ1) is 12.6. The topological polar surface area (TPSA) is 69.6 Å². The first kappa shape index (κ1) is 18.6. The molecule has 2 aliphatic rings. The number of nitrogens with one attached hydrogen (secondary N) is 1. The highest BCUT2D eigenvalue weighted by Gasteiger charge is 2.49. The number of likely N-dealkylation sites (tertiary alicyclic amines) is 1. The van der Waals surface area contributed by atoms with Gasteiger partial charge in [-0.05, 0) is 36.0 Å². The van der Waals surface area contributed by atoms with Crippen molar-refractivity contribution in [1.29, 1.82) is 0 Å². The van der Waals surface area contributed by atoms with Gasteiger partial charge in [-0.25, -0.2) is 0 Å². The largest absolute Gasteiger partial charge is 0.394 e. The standard InChI is InChI=1S/C21H28N2O3/c1-3-20(26)22-12-18-21(19(13-24)23(18)14(2)25)17-10-8-16(9-11-17)15-6-4-5-7-15/h6,8-11,18-19,21,24H,3-5,7,12-13H2,1-2H3,(H,22,26)/t18-,19-,21+/m1/s1. The maximum Gasteiger partial charge on any atom is 0.220 e. The van der Waals surface area contributed by atoms with Crippen molar-refractivity contribution in [2.75, 3.05) is 13.2 Å². The van der Waals surface area contributed by atoms with Gasteiger partial charge in [0.25, 0.3) is 0 Å². The van der Waals surface area contributed by atoms with Crippen LogP contribution < -0.4 is 5.32 Å². The zero-order valence-electron chi connectivity index (χ0n) is 15.6. The van der Waals surface area contributed by atoms with Crippen LogP contribution in [0, 0.1) is 0 Å². The highest BCUT2D eigenvalue weighted by Crippen LogP contribution is 2.41. The normalized spacial score (nSPS) is 24.8. The van der Waals surface area contributed by atoms with Crippen LogP contribution in [-0.4, -0.2) is 47.1 Å². The van der Waals surface area contributed by atoms with Crippen LogP contribution >= 0.6 is 0 Å². The van der Waals surface area contributed by atoms with Gasteiger partial charge in [-0.1, -0.05) is 37.3 Å². The molecule has 5 heteroatoms.